The third-order valence-corrected chi connectivity index (χ3v) is 2.88. The lowest BCUT2D eigenvalue weighted by atomic mass is 10.00. The third kappa shape index (κ3) is 4.10. The summed E-state index contributed by atoms with van der Waals surface area (Å²) >= 11 is 0. The molecule has 1 heterocycles. The Morgan fingerprint density at radius 3 is 2.67 bits per heavy atom. The van der Waals surface area contributed by atoms with E-state index in [9.17, 15) is 0 Å². The van der Waals surface area contributed by atoms with Crippen LogP contribution in [0.2, 0.25) is 0 Å². The Bertz CT molecular complexity index is 95.2. The zero-order chi connectivity index (χ0) is 8.65. The van der Waals surface area contributed by atoms with Crippen molar-refractivity contribution >= 4 is 0 Å². The van der Waals surface area contributed by atoms with Crippen molar-refractivity contribution in [2.45, 2.75) is 51.9 Å². The van der Waals surface area contributed by atoms with E-state index in [2.05, 4.69) is 12.2 Å². The predicted molar refractivity (Wildman–Crippen MR) is 54.4 cm³/mol. The molecule has 1 unspecified atom stereocenters. The van der Waals surface area contributed by atoms with Crippen LogP contribution in [-0.2, 0) is 0 Å². The molecule has 0 bridgehead atoms. The molecule has 1 atom stereocenters. The molecule has 12 heavy (non-hydrogen) atoms. The Balaban J connectivity index is 1.81. The zero-order valence-corrected chi connectivity index (χ0v) is 8.44. The maximum absolute atomic E-state index is 3.42. The van der Waals surface area contributed by atoms with Crippen LogP contribution in [0.15, 0.2) is 0 Å². The maximum atomic E-state index is 3.42. The Labute approximate surface area is 76.9 Å². The van der Waals surface area contributed by atoms with E-state index < -0.39 is 0 Å². The molecule has 0 amide bonds. The van der Waals surface area contributed by atoms with Crippen LogP contribution in [0.1, 0.15) is 51.9 Å². The Hall–Kier alpha value is -0.0400. The van der Waals surface area contributed by atoms with Crippen LogP contribution in [0.4, 0.5) is 0 Å². The second kappa shape index (κ2) is 6.47. The van der Waals surface area contributed by atoms with Crippen LogP contribution in [-0.4, -0.2) is 13.1 Å². The van der Waals surface area contributed by atoms with Gasteiger partial charge in [-0.15, -0.1) is 0 Å². The monoisotopic (exact) mass is 169 g/mol. The average Bonchev–Trinajstić information content (AvgIpc) is 2.57. The first-order valence-corrected chi connectivity index (χ1v) is 5.64. The van der Waals surface area contributed by atoms with E-state index >= 15 is 0 Å². The van der Waals surface area contributed by atoms with Gasteiger partial charge < -0.3 is 5.32 Å². The smallest absolute Gasteiger partial charge is 0.00200 e. The Kier molecular flexibility index (Phi) is 5.42. The standard InChI is InChI=1S/C11H23N/c1-2-3-4-5-6-7-11-8-9-12-10-11/h11-12H,2-10H2,1H3. The van der Waals surface area contributed by atoms with E-state index in [1.165, 1.54) is 58.0 Å². The van der Waals surface area contributed by atoms with E-state index in [0.717, 1.165) is 5.92 Å². The first-order valence-electron chi connectivity index (χ1n) is 5.64. The van der Waals surface area contributed by atoms with Crippen LogP contribution >= 0.6 is 0 Å². The molecule has 0 aromatic carbocycles. The van der Waals surface area contributed by atoms with Crippen molar-refractivity contribution in [1.82, 2.24) is 5.32 Å². The van der Waals surface area contributed by atoms with E-state index in [0.29, 0.717) is 0 Å². The lowest BCUT2D eigenvalue weighted by molar-refractivity contribution is 0.485. The van der Waals surface area contributed by atoms with Crippen molar-refractivity contribution in [3.8, 4) is 0 Å². The molecular formula is C11H23N. The molecule has 1 fully saturated rings. The highest BCUT2D eigenvalue weighted by Crippen LogP contribution is 2.16. The molecule has 0 radical (unpaired) electrons. The van der Waals surface area contributed by atoms with Crippen molar-refractivity contribution in [2.24, 2.45) is 5.92 Å². The molecule has 1 nitrogen and oxygen atoms in total. The molecule has 1 aliphatic heterocycles. The summed E-state index contributed by atoms with van der Waals surface area (Å²) < 4.78 is 0. The number of unbranched alkanes of at least 4 members (excludes halogenated alkanes) is 4. The van der Waals surface area contributed by atoms with Crippen molar-refractivity contribution in [2.75, 3.05) is 13.1 Å². The molecule has 0 aromatic rings. The van der Waals surface area contributed by atoms with Crippen molar-refractivity contribution in [3.05, 3.63) is 0 Å². The van der Waals surface area contributed by atoms with Gasteiger partial charge in [0.1, 0.15) is 0 Å². The minimum Gasteiger partial charge on any atom is -0.316 e. The van der Waals surface area contributed by atoms with Gasteiger partial charge in [-0.05, 0) is 31.8 Å². The molecule has 1 heteroatoms. The highest BCUT2D eigenvalue weighted by Gasteiger charge is 2.12. The summed E-state index contributed by atoms with van der Waals surface area (Å²) in [7, 11) is 0. The van der Waals surface area contributed by atoms with Crippen LogP contribution in [0.3, 0.4) is 0 Å². The summed E-state index contributed by atoms with van der Waals surface area (Å²) in [4.78, 5) is 0. The Morgan fingerprint density at radius 2 is 2.00 bits per heavy atom. The molecular weight excluding hydrogens is 146 g/mol. The van der Waals surface area contributed by atoms with Gasteiger partial charge in [-0.25, -0.2) is 0 Å². The van der Waals surface area contributed by atoms with Gasteiger partial charge in [0.25, 0.3) is 0 Å². The second-order valence-electron chi connectivity index (χ2n) is 4.06. The minimum atomic E-state index is 1.01. The quantitative estimate of drug-likeness (QED) is 0.603. The lowest BCUT2D eigenvalue weighted by Crippen LogP contribution is -2.08. The minimum absolute atomic E-state index is 1.01. The summed E-state index contributed by atoms with van der Waals surface area (Å²) in [5.41, 5.74) is 0. The SMILES string of the molecule is CCCCCCCC1CCNC1. The molecule has 0 aliphatic carbocycles. The lowest BCUT2D eigenvalue weighted by Gasteiger charge is -2.06. The van der Waals surface area contributed by atoms with Crippen LogP contribution in [0.5, 0.6) is 0 Å². The van der Waals surface area contributed by atoms with Crippen LogP contribution < -0.4 is 5.32 Å². The fourth-order valence-electron chi connectivity index (χ4n) is 2.00. The van der Waals surface area contributed by atoms with Gasteiger partial charge in [-0.1, -0.05) is 39.0 Å². The summed E-state index contributed by atoms with van der Waals surface area (Å²) in [6.45, 7) is 4.83. The van der Waals surface area contributed by atoms with Crippen molar-refractivity contribution in [1.29, 1.82) is 0 Å². The van der Waals surface area contributed by atoms with Crippen molar-refractivity contribution < 1.29 is 0 Å². The van der Waals surface area contributed by atoms with E-state index in [1.807, 2.05) is 0 Å². The van der Waals surface area contributed by atoms with Gasteiger partial charge in [0.05, 0.1) is 0 Å². The highest BCUT2D eigenvalue weighted by atomic mass is 14.9. The first kappa shape index (κ1) is 10.0. The van der Waals surface area contributed by atoms with Crippen LogP contribution in [0.25, 0.3) is 0 Å². The summed E-state index contributed by atoms with van der Waals surface area (Å²) in [5, 5.41) is 3.42. The molecule has 1 N–H and O–H groups in total. The van der Waals surface area contributed by atoms with E-state index in [1.54, 1.807) is 0 Å². The van der Waals surface area contributed by atoms with Crippen LogP contribution in [0, 0.1) is 5.92 Å². The highest BCUT2D eigenvalue weighted by molar-refractivity contribution is 4.70. The van der Waals surface area contributed by atoms with Gasteiger partial charge in [0.2, 0.25) is 0 Å². The summed E-state index contributed by atoms with van der Waals surface area (Å²) in [6, 6.07) is 0. The zero-order valence-electron chi connectivity index (χ0n) is 8.44. The third-order valence-electron chi connectivity index (χ3n) is 2.88. The fraction of sp³-hybridized carbons (Fsp3) is 1.00. The fourth-order valence-corrected chi connectivity index (χ4v) is 2.00. The maximum Gasteiger partial charge on any atom is -0.00200 e. The molecule has 1 aliphatic rings. The van der Waals surface area contributed by atoms with Crippen molar-refractivity contribution in [3.63, 3.8) is 0 Å². The second-order valence-corrected chi connectivity index (χ2v) is 4.06. The van der Waals surface area contributed by atoms with Gasteiger partial charge in [0, 0.05) is 0 Å². The Morgan fingerprint density at radius 1 is 1.17 bits per heavy atom. The number of nitrogens with one attached hydrogen (secondary N) is 1. The number of rotatable bonds is 6. The van der Waals surface area contributed by atoms with E-state index in [4.69, 9.17) is 0 Å². The average molecular weight is 169 g/mol. The van der Waals surface area contributed by atoms with Gasteiger partial charge in [-0.2, -0.15) is 0 Å². The van der Waals surface area contributed by atoms with Gasteiger partial charge >= 0.3 is 0 Å². The number of hydrogen-bond donors (Lipinski definition) is 1. The predicted octanol–water partition coefficient (Wildman–Crippen LogP) is 2.96. The summed E-state index contributed by atoms with van der Waals surface area (Å²) in [6.07, 6.45) is 10.1. The van der Waals surface area contributed by atoms with Gasteiger partial charge in [-0.3, -0.25) is 0 Å². The molecule has 1 saturated heterocycles. The molecule has 0 saturated carbocycles. The molecule has 72 valence electrons. The topological polar surface area (TPSA) is 12.0 Å². The molecule has 0 spiro atoms. The molecule has 0 aromatic heterocycles. The molecule has 1 rings (SSSR count). The number of hydrogen-bond acceptors (Lipinski definition) is 1. The first-order chi connectivity index (χ1) is 5.93. The van der Waals surface area contributed by atoms with Gasteiger partial charge in [0.15, 0.2) is 0 Å². The summed E-state index contributed by atoms with van der Waals surface area (Å²) in [5.74, 6) is 1.01. The van der Waals surface area contributed by atoms with E-state index in [-0.39, 0.29) is 0 Å². The largest absolute Gasteiger partial charge is 0.316 e. The normalized spacial score (nSPS) is 23.2.